The minimum absolute atomic E-state index is 0.163. The zero-order valence-corrected chi connectivity index (χ0v) is 15.3. The molecule has 1 atom stereocenters. The molecule has 7 heteroatoms. The van der Waals surface area contributed by atoms with Gasteiger partial charge in [-0.1, -0.05) is 32.9 Å². The third-order valence-corrected chi connectivity index (χ3v) is 4.57. The van der Waals surface area contributed by atoms with Crippen LogP contribution in [0, 0.1) is 5.82 Å². The Morgan fingerprint density at radius 1 is 1.27 bits per heavy atom. The summed E-state index contributed by atoms with van der Waals surface area (Å²) in [5, 5.41) is 12.3. The van der Waals surface area contributed by atoms with Crippen molar-refractivity contribution in [3.05, 3.63) is 59.3 Å². The van der Waals surface area contributed by atoms with Gasteiger partial charge in [0.25, 0.3) is 5.91 Å². The molecule has 2 heterocycles. The highest BCUT2D eigenvalue weighted by Crippen LogP contribution is 2.26. The first-order valence-electron chi connectivity index (χ1n) is 8.66. The van der Waals surface area contributed by atoms with Crippen molar-refractivity contribution in [3.8, 4) is 0 Å². The first-order chi connectivity index (χ1) is 12.4. The van der Waals surface area contributed by atoms with Crippen LogP contribution in [0.5, 0.6) is 0 Å². The topological polar surface area (TPSA) is 63.4 Å². The standard InChI is InChI=1S/C19H22FN5O/c1-5-17(13-6-8-14(20)9-7-13)24(4)19(26)16-10-15(12(2)3)18-22-21-11-25(18)23-16/h6-12,17H,5H2,1-4H3/t17-/m0/s1. The maximum atomic E-state index is 13.2. The molecule has 0 N–H and O–H groups in total. The molecule has 0 fully saturated rings. The van der Waals surface area contributed by atoms with Crippen LogP contribution in [0.2, 0.25) is 0 Å². The number of nitrogens with zero attached hydrogens (tertiary/aromatic N) is 5. The fraction of sp³-hybridized carbons (Fsp3) is 0.368. The summed E-state index contributed by atoms with van der Waals surface area (Å²) in [6.07, 6.45) is 2.20. The van der Waals surface area contributed by atoms with E-state index in [1.807, 2.05) is 20.8 Å². The summed E-state index contributed by atoms with van der Waals surface area (Å²) in [5.74, 6) is -0.307. The quantitative estimate of drug-likeness (QED) is 0.701. The minimum atomic E-state index is -0.293. The van der Waals surface area contributed by atoms with E-state index in [-0.39, 0.29) is 23.7 Å². The molecule has 0 saturated heterocycles. The summed E-state index contributed by atoms with van der Waals surface area (Å²) < 4.78 is 14.7. The van der Waals surface area contributed by atoms with Crippen LogP contribution < -0.4 is 0 Å². The van der Waals surface area contributed by atoms with Crippen molar-refractivity contribution in [2.75, 3.05) is 7.05 Å². The van der Waals surface area contributed by atoms with E-state index in [1.165, 1.54) is 23.0 Å². The summed E-state index contributed by atoms with van der Waals surface area (Å²) in [7, 11) is 1.74. The largest absolute Gasteiger partial charge is 0.333 e. The molecule has 0 aliphatic heterocycles. The molecule has 6 nitrogen and oxygen atoms in total. The van der Waals surface area contributed by atoms with Gasteiger partial charge in [-0.3, -0.25) is 4.79 Å². The summed E-state index contributed by atoms with van der Waals surface area (Å²) in [5.41, 5.74) is 2.80. The summed E-state index contributed by atoms with van der Waals surface area (Å²) in [6.45, 7) is 6.07. The molecular formula is C19H22FN5O. The lowest BCUT2D eigenvalue weighted by Crippen LogP contribution is -2.32. The molecule has 0 aliphatic carbocycles. The molecule has 0 saturated carbocycles. The fourth-order valence-corrected chi connectivity index (χ4v) is 3.12. The number of carbonyl (C=O) groups is 1. The van der Waals surface area contributed by atoms with Crippen molar-refractivity contribution in [3.63, 3.8) is 0 Å². The van der Waals surface area contributed by atoms with Crippen molar-refractivity contribution in [2.24, 2.45) is 0 Å². The van der Waals surface area contributed by atoms with Gasteiger partial charge in [0.15, 0.2) is 5.65 Å². The van der Waals surface area contributed by atoms with E-state index in [9.17, 15) is 9.18 Å². The van der Waals surface area contributed by atoms with E-state index in [1.54, 1.807) is 30.1 Å². The Morgan fingerprint density at radius 2 is 1.96 bits per heavy atom. The van der Waals surface area contributed by atoms with Gasteiger partial charge in [-0.05, 0) is 36.1 Å². The second-order valence-electron chi connectivity index (χ2n) is 6.63. The van der Waals surface area contributed by atoms with E-state index < -0.39 is 0 Å². The molecule has 1 aromatic carbocycles. The Labute approximate surface area is 151 Å². The molecule has 1 amide bonds. The van der Waals surface area contributed by atoms with Crippen LogP contribution in [0.3, 0.4) is 0 Å². The fourth-order valence-electron chi connectivity index (χ4n) is 3.12. The Bertz CT molecular complexity index is 919. The molecule has 2 aromatic heterocycles. The van der Waals surface area contributed by atoms with Crippen molar-refractivity contribution in [2.45, 2.75) is 39.2 Å². The number of halogens is 1. The normalized spacial score (nSPS) is 12.5. The molecule has 3 aromatic rings. The van der Waals surface area contributed by atoms with Crippen LogP contribution >= 0.6 is 0 Å². The highest BCUT2D eigenvalue weighted by molar-refractivity contribution is 5.92. The first kappa shape index (κ1) is 18.0. The number of aromatic nitrogens is 4. The van der Waals surface area contributed by atoms with Gasteiger partial charge >= 0.3 is 0 Å². The van der Waals surface area contributed by atoms with Crippen LogP contribution in [-0.4, -0.2) is 37.7 Å². The summed E-state index contributed by atoms with van der Waals surface area (Å²) >= 11 is 0. The molecule has 3 rings (SSSR count). The monoisotopic (exact) mass is 355 g/mol. The third kappa shape index (κ3) is 3.29. The first-order valence-corrected chi connectivity index (χ1v) is 8.66. The predicted molar refractivity (Wildman–Crippen MR) is 96.4 cm³/mol. The highest BCUT2D eigenvalue weighted by Gasteiger charge is 2.24. The van der Waals surface area contributed by atoms with Gasteiger partial charge in [-0.2, -0.15) is 9.61 Å². The molecule has 0 bridgehead atoms. The average molecular weight is 355 g/mol. The van der Waals surface area contributed by atoms with Crippen molar-refractivity contribution >= 4 is 11.6 Å². The number of rotatable bonds is 5. The van der Waals surface area contributed by atoms with Crippen molar-refractivity contribution in [1.29, 1.82) is 0 Å². The van der Waals surface area contributed by atoms with Gasteiger partial charge in [-0.25, -0.2) is 4.39 Å². The zero-order valence-electron chi connectivity index (χ0n) is 15.3. The van der Waals surface area contributed by atoms with E-state index in [4.69, 9.17) is 0 Å². The van der Waals surface area contributed by atoms with E-state index >= 15 is 0 Å². The second-order valence-corrected chi connectivity index (χ2v) is 6.63. The van der Waals surface area contributed by atoms with Gasteiger partial charge in [0.05, 0.1) is 6.04 Å². The lowest BCUT2D eigenvalue weighted by Gasteiger charge is -2.27. The summed E-state index contributed by atoms with van der Waals surface area (Å²) in [4.78, 5) is 14.7. The lowest BCUT2D eigenvalue weighted by molar-refractivity contribution is 0.0718. The number of benzene rings is 1. The number of hydrogen-bond acceptors (Lipinski definition) is 4. The van der Waals surface area contributed by atoms with Crippen molar-refractivity contribution in [1.82, 2.24) is 24.7 Å². The Balaban J connectivity index is 1.97. The molecule has 0 aliphatic rings. The average Bonchev–Trinajstić information content (AvgIpc) is 3.10. The van der Waals surface area contributed by atoms with Gasteiger partial charge < -0.3 is 4.90 Å². The smallest absolute Gasteiger partial charge is 0.274 e. The van der Waals surface area contributed by atoms with Crippen LogP contribution in [0.15, 0.2) is 36.7 Å². The molecule has 0 unspecified atom stereocenters. The maximum absolute atomic E-state index is 13.2. The number of carbonyl (C=O) groups excluding carboxylic acids is 1. The van der Waals surface area contributed by atoms with Crippen LogP contribution in [0.1, 0.15) is 60.8 Å². The Morgan fingerprint density at radius 3 is 2.58 bits per heavy atom. The van der Waals surface area contributed by atoms with Crippen LogP contribution in [0.4, 0.5) is 4.39 Å². The molecule has 0 radical (unpaired) electrons. The number of fused-ring (bicyclic) bond motifs is 1. The Kier molecular flexibility index (Phi) is 4.97. The second kappa shape index (κ2) is 7.19. The number of amides is 1. The highest BCUT2D eigenvalue weighted by atomic mass is 19.1. The van der Waals surface area contributed by atoms with Crippen LogP contribution in [-0.2, 0) is 0 Å². The maximum Gasteiger partial charge on any atom is 0.274 e. The van der Waals surface area contributed by atoms with E-state index in [0.717, 1.165) is 11.1 Å². The zero-order chi connectivity index (χ0) is 18.8. The molecule has 26 heavy (non-hydrogen) atoms. The SMILES string of the molecule is CC[C@@H](c1ccc(F)cc1)N(C)C(=O)c1cc(C(C)C)c2nncn2n1. The molecular weight excluding hydrogens is 333 g/mol. The van der Waals surface area contributed by atoms with Crippen molar-refractivity contribution < 1.29 is 9.18 Å². The van der Waals surface area contributed by atoms with Gasteiger partial charge in [-0.15, -0.1) is 10.2 Å². The van der Waals surface area contributed by atoms with Gasteiger partial charge in [0, 0.05) is 12.6 Å². The van der Waals surface area contributed by atoms with E-state index in [0.29, 0.717) is 17.8 Å². The Hall–Kier alpha value is -2.83. The third-order valence-electron chi connectivity index (χ3n) is 4.57. The number of hydrogen-bond donors (Lipinski definition) is 0. The van der Waals surface area contributed by atoms with Gasteiger partial charge in [0.1, 0.15) is 17.8 Å². The summed E-state index contributed by atoms with van der Waals surface area (Å²) in [6, 6.07) is 7.87. The molecule has 136 valence electrons. The van der Waals surface area contributed by atoms with E-state index in [2.05, 4.69) is 15.3 Å². The van der Waals surface area contributed by atoms with Gasteiger partial charge in [0.2, 0.25) is 0 Å². The molecule has 0 spiro atoms. The lowest BCUT2D eigenvalue weighted by atomic mass is 10.0. The predicted octanol–water partition coefficient (Wildman–Crippen LogP) is 3.61. The minimum Gasteiger partial charge on any atom is -0.333 e. The van der Waals surface area contributed by atoms with Crippen LogP contribution in [0.25, 0.3) is 5.65 Å².